The number of nitrogens with one attached hydrogen (secondary N) is 3. The number of hydroxylamine groups is 1. The van der Waals surface area contributed by atoms with E-state index in [1.165, 1.54) is 30.0 Å². The number of allylic oxidation sites excluding steroid dienone is 2. The Balaban J connectivity index is 0.00000117. The Morgan fingerprint density at radius 3 is 2.20 bits per heavy atom. The number of nitrogens with two attached hydrogens (primary N) is 1. The molecule has 5 N–H and O–H groups in total. The van der Waals surface area contributed by atoms with Crippen LogP contribution >= 0.6 is 11.6 Å². The summed E-state index contributed by atoms with van der Waals surface area (Å²) in [5.74, 6) is 0.233. The number of rotatable bonds is 25. The number of benzene rings is 1. The van der Waals surface area contributed by atoms with Crippen molar-refractivity contribution in [1.82, 2.24) is 15.0 Å². The van der Waals surface area contributed by atoms with E-state index in [4.69, 9.17) is 46.3 Å². The summed E-state index contributed by atoms with van der Waals surface area (Å²) < 4.78 is 28.8. The molecule has 1 fully saturated rings. The Labute approximate surface area is 404 Å². The molecule has 1 aromatic carbocycles. The van der Waals surface area contributed by atoms with Crippen LogP contribution in [0.25, 0.3) is 10.9 Å². The fourth-order valence-corrected chi connectivity index (χ4v) is 6.49. The molecule has 16 heteroatoms. The first-order valence-corrected chi connectivity index (χ1v) is 20.9. The Hall–Kier alpha value is -1.81. The third kappa shape index (κ3) is 20.3. The minimum Gasteiger partial charge on any atom is -0.788 e. The van der Waals surface area contributed by atoms with Crippen LogP contribution in [0.3, 0.4) is 0 Å². The van der Waals surface area contributed by atoms with Gasteiger partial charge in [-0.15, -0.1) is 0 Å². The van der Waals surface area contributed by atoms with Gasteiger partial charge in [-0.2, -0.15) is 5.26 Å². The van der Waals surface area contributed by atoms with Crippen LogP contribution in [-0.4, -0.2) is 88.2 Å². The summed E-state index contributed by atoms with van der Waals surface area (Å²) in [5.41, 5.74) is 10.7. The molecule has 324 valence electrons. The van der Waals surface area contributed by atoms with Crippen molar-refractivity contribution in [3.8, 4) is 6.07 Å². The van der Waals surface area contributed by atoms with Crippen molar-refractivity contribution in [2.75, 3.05) is 77.9 Å². The summed E-state index contributed by atoms with van der Waals surface area (Å²) in [6.07, 6.45) is 8.87. The van der Waals surface area contributed by atoms with Crippen molar-refractivity contribution in [1.29, 1.82) is 5.26 Å². The van der Waals surface area contributed by atoms with Crippen molar-refractivity contribution in [3.05, 3.63) is 89.7 Å². The van der Waals surface area contributed by atoms with Gasteiger partial charge < -0.3 is 55.0 Å². The van der Waals surface area contributed by atoms with E-state index >= 15 is 0 Å². The first-order chi connectivity index (χ1) is 28.1. The molecule has 59 heavy (non-hydrogen) atoms. The maximum absolute atomic E-state index is 13.0. The van der Waals surface area contributed by atoms with E-state index in [1.54, 1.807) is 30.6 Å². The number of nitrogens with zero attached hydrogens (tertiary/aromatic N) is 2. The van der Waals surface area contributed by atoms with Crippen LogP contribution in [0, 0.1) is 16.5 Å². The van der Waals surface area contributed by atoms with E-state index < -0.39 is 6.04 Å². The number of hydrogen-bond donors (Lipinski definition) is 4. The maximum atomic E-state index is 13.0. The average molecular weight is 916 g/mol. The smallest absolute Gasteiger partial charge is 0.788 e. The molecule has 0 amide bonds. The topological polar surface area (TPSA) is 198 Å². The van der Waals surface area contributed by atoms with E-state index in [1.807, 2.05) is 32.0 Å². The molecule has 1 aliphatic rings. The zero-order chi connectivity index (χ0) is 42.7. The van der Waals surface area contributed by atoms with E-state index in [9.17, 15) is 14.8 Å². The average Bonchev–Trinajstić information content (AvgIpc) is 3.20. The summed E-state index contributed by atoms with van der Waals surface area (Å²) in [5, 5.41) is 23.7. The van der Waals surface area contributed by atoms with Crippen LogP contribution in [0.1, 0.15) is 102 Å². The quantitative estimate of drug-likeness (QED) is 0.0546. The van der Waals surface area contributed by atoms with Gasteiger partial charge in [-0.05, 0) is 101 Å². The van der Waals surface area contributed by atoms with Crippen LogP contribution in [0.5, 0.6) is 0 Å². The first-order valence-electron chi connectivity index (χ1n) is 20.5. The van der Waals surface area contributed by atoms with E-state index in [0.717, 1.165) is 43.2 Å². The molecule has 4 rings (SSSR count). The predicted octanol–water partition coefficient (Wildman–Crippen LogP) is 3.84. The van der Waals surface area contributed by atoms with Crippen molar-refractivity contribution < 1.29 is 81.9 Å². The number of aromatic amines is 1. The molecule has 0 spiro atoms. The number of fused-ring (bicyclic) bond motifs is 1. The normalized spacial score (nSPS) is 15.2. The summed E-state index contributed by atoms with van der Waals surface area (Å²) in [7, 11) is 1.53. The van der Waals surface area contributed by atoms with E-state index in [2.05, 4.69) is 30.2 Å². The number of nitriles is 1. The van der Waals surface area contributed by atoms with Crippen molar-refractivity contribution in [2.45, 2.75) is 91.2 Å². The maximum Gasteiger partial charge on any atom is 1.00 e. The van der Waals surface area contributed by atoms with Gasteiger partial charge >= 0.3 is 58.2 Å². The van der Waals surface area contributed by atoms with Gasteiger partial charge in [0.2, 0.25) is 0 Å². The second kappa shape index (κ2) is 32.8. The number of H-pyrrole nitrogens is 1. The minimum atomic E-state index is -0.468. The molecular formula is C43H66ClN6O8Rb. The van der Waals surface area contributed by atoms with Gasteiger partial charge in [0.1, 0.15) is 17.5 Å². The molecule has 0 saturated heterocycles. The molecule has 3 aromatic rings. The number of ether oxygens (including phenoxy) is 5. The number of halogens is 1. The van der Waals surface area contributed by atoms with Crippen molar-refractivity contribution in [2.24, 2.45) is 12.8 Å². The predicted molar refractivity (Wildman–Crippen MR) is 233 cm³/mol. The van der Waals surface area contributed by atoms with Crippen LogP contribution in [0.4, 0.5) is 5.69 Å². The SMILES string of the molecule is CC.CC(Nc1ccc(C#N)n(C)c1=O)c1cc2cc(Cl)c(C3CC(OCCOCCOCCOCCOCCN[O-])C3)cc2[nH]c1=O.CC/C=C(\C)CCCCN.[Rb+]. The minimum absolute atomic E-state index is 0. The molecule has 0 bridgehead atoms. The fraction of sp³-hybridized carbons (Fsp3) is 0.605. The largest absolute Gasteiger partial charge is 1.00 e. The van der Waals surface area contributed by atoms with Gasteiger partial charge in [-0.1, -0.05) is 44.0 Å². The monoisotopic (exact) mass is 914 g/mol. The summed E-state index contributed by atoms with van der Waals surface area (Å²) >= 11 is 6.70. The summed E-state index contributed by atoms with van der Waals surface area (Å²) in [6, 6.07) is 10.2. The number of hydrogen-bond acceptors (Lipinski definition) is 12. The fourth-order valence-electron chi connectivity index (χ4n) is 6.17. The zero-order valence-corrected chi connectivity index (χ0v) is 42.0. The standard InChI is InChI=1S/C32H41ClN5O8.C9H19N.C2H6.Rb/c1-21(36-29-4-3-24(20-34)38(2)32(29)40)26-17-23-18-28(33)27(19-30(23)37-31(26)39)22-15-25(16-22)46-14-13-45-12-11-44-10-9-43-8-7-42-6-5-35-41;1-3-6-9(2)7-4-5-8-10;1-2;/h3-4,17-19,21-22,25,35-36H,5-16H2,1-2H3,(H,37,39);6H,3-5,7-8,10H2,1-2H3;1-2H3;/q-1;;;+1/b;9-6+;;. The molecule has 1 saturated carbocycles. The van der Waals surface area contributed by atoms with Crippen LogP contribution < -0.4 is 85.8 Å². The van der Waals surface area contributed by atoms with Gasteiger partial charge in [0.25, 0.3) is 11.1 Å². The number of unbranched alkanes of at least 4 members (excludes halogenated alkanes) is 1. The second-order valence-corrected chi connectivity index (χ2v) is 14.1. The van der Waals surface area contributed by atoms with Crippen LogP contribution in [-0.2, 0) is 30.7 Å². The number of aromatic nitrogens is 2. The van der Waals surface area contributed by atoms with Crippen LogP contribution in [0.2, 0.25) is 5.02 Å². The molecule has 2 aromatic heterocycles. The third-order valence-corrected chi connectivity index (χ3v) is 9.73. The Bertz CT molecular complexity index is 1810. The van der Waals surface area contributed by atoms with Crippen LogP contribution in [0.15, 0.2) is 51.6 Å². The Morgan fingerprint density at radius 2 is 1.63 bits per heavy atom. The Kier molecular flexibility index (Phi) is 30.7. The van der Waals surface area contributed by atoms with Crippen molar-refractivity contribution >= 4 is 28.2 Å². The zero-order valence-electron chi connectivity index (χ0n) is 36.3. The molecule has 0 radical (unpaired) electrons. The van der Waals surface area contributed by atoms with Gasteiger partial charge in [-0.3, -0.25) is 9.59 Å². The summed E-state index contributed by atoms with van der Waals surface area (Å²) in [4.78, 5) is 28.6. The second-order valence-electron chi connectivity index (χ2n) is 13.7. The summed E-state index contributed by atoms with van der Waals surface area (Å²) in [6.45, 7) is 15.4. The Morgan fingerprint density at radius 1 is 1.02 bits per heavy atom. The van der Waals surface area contributed by atoms with E-state index in [-0.39, 0.29) is 93.6 Å². The number of anilines is 1. The molecule has 0 aliphatic heterocycles. The van der Waals surface area contributed by atoms with E-state index in [0.29, 0.717) is 81.3 Å². The van der Waals surface area contributed by atoms with Gasteiger partial charge in [-0.25, -0.2) is 0 Å². The molecule has 1 unspecified atom stereocenters. The third-order valence-electron chi connectivity index (χ3n) is 9.41. The number of pyridine rings is 2. The van der Waals surface area contributed by atoms with Gasteiger partial charge in [0, 0.05) is 35.1 Å². The van der Waals surface area contributed by atoms with Gasteiger partial charge in [0.05, 0.1) is 71.6 Å². The molecular weight excluding hydrogens is 849 g/mol. The molecule has 1 atom stereocenters. The first kappa shape index (κ1) is 55.2. The molecule has 1 aliphatic carbocycles. The molecule has 14 nitrogen and oxygen atoms in total. The molecule has 2 heterocycles. The van der Waals surface area contributed by atoms with Gasteiger partial charge in [0.15, 0.2) is 0 Å². The van der Waals surface area contributed by atoms with Crippen molar-refractivity contribution in [3.63, 3.8) is 0 Å².